The van der Waals surface area contributed by atoms with E-state index in [1.54, 1.807) is 12.1 Å². The van der Waals surface area contributed by atoms with Crippen molar-refractivity contribution in [1.82, 2.24) is 4.98 Å². The smallest absolute Gasteiger partial charge is 0.335 e. The Morgan fingerprint density at radius 1 is 1.53 bits per heavy atom. The van der Waals surface area contributed by atoms with E-state index < -0.39 is 5.97 Å². The van der Waals surface area contributed by atoms with Crippen molar-refractivity contribution in [3.8, 4) is 0 Å². The summed E-state index contributed by atoms with van der Waals surface area (Å²) in [5, 5.41) is 9.73. The second-order valence-electron chi connectivity index (χ2n) is 4.87. The molecule has 2 heterocycles. The maximum atomic E-state index is 11.2. The molecule has 0 radical (unpaired) electrons. The van der Waals surface area contributed by atoms with Gasteiger partial charge in [0.05, 0.1) is 5.56 Å². The maximum Gasteiger partial charge on any atom is 0.335 e. The quantitative estimate of drug-likeness (QED) is 0.922. The SMILES string of the molecule is CCc1cc(C(=O)O)cc(N2CCSC(C)C2C)n1. The van der Waals surface area contributed by atoms with Gasteiger partial charge in [0.25, 0.3) is 0 Å². The molecule has 2 atom stereocenters. The average Bonchev–Trinajstić information content (AvgIpc) is 2.41. The number of pyridine rings is 1. The van der Waals surface area contributed by atoms with Crippen LogP contribution in [-0.2, 0) is 6.42 Å². The van der Waals surface area contributed by atoms with E-state index in [9.17, 15) is 9.90 Å². The van der Waals surface area contributed by atoms with Gasteiger partial charge in [0.1, 0.15) is 5.82 Å². The number of carboxylic acid groups (broad SMARTS) is 1. The van der Waals surface area contributed by atoms with E-state index in [1.807, 2.05) is 18.7 Å². The third kappa shape index (κ3) is 3.03. The minimum absolute atomic E-state index is 0.333. The van der Waals surface area contributed by atoms with Crippen molar-refractivity contribution >= 4 is 23.5 Å². The molecule has 5 heteroatoms. The van der Waals surface area contributed by atoms with Gasteiger partial charge in [-0.05, 0) is 25.5 Å². The first-order chi connectivity index (χ1) is 9.02. The number of hydrogen-bond donors (Lipinski definition) is 1. The molecule has 1 aliphatic rings. The van der Waals surface area contributed by atoms with Gasteiger partial charge in [-0.3, -0.25) is 0 Å². The topological polar surface area (TPSA) is 53.4 Å². The zero-order valence-electron chi connectivity index (χ0n) is 11.6. The Hall–Kier alpha value is -1.23. The lowest BCUT2D eigenvalue weighted by molar-refractivity contribution is 0.0696. The molecule has 1 aliphatic heterocycles. The van der Waals surface area contributed by atoms with Crippen LogP contribution in [0.15, 0.2) is 12.1 Å². The van der Waals surface area contributed by atoms with Gasteiger partial charge in [-0.15, -0.1) is 0 Å². The van der Waals surface area contributed by atoms with Crippen molar-refractivity contribution < 1.29 is 9.90 Å². The molecule has 0 spiro atoms. The molecule has 1 aromatic rings. The molecule has 1 aromatic heterocycles. The summed E-state index contributed by atoms with van der Waals surface area (Å²) < 4.78 is 0. The number of aryl methyl sites for hydroxylation is 1. The molecule has 2 unspecified atom stereocenters. The minimum atomic E-state index is -0.884. The lowest BCUT2D eigenvalue weighted by atomic mass is 10.1. The number of nitrogens with zero attached hydrogens (tertiary/aromatic N) is 2. The summed E-state index contributed by atoms with van der Waals surface area (Å²) in [6.45, 7) is 7.31. The highest BCUT2D eigenvalue weighted by atomic mass is 32.2. The molecule has 4 nitrogen and oxygen atoms in total. The third-order valence-corrected chi connectivity index (χ3v) is 4.99. The lowest BCUT2D eigenvalue weighted by Crippen LogP contribution is -2.45. The van der Waals surface area contributed by atoms with E-state index in [0.29, 0.717) is 16.9 Å². The van der Waals surface area contributed by atoms with Gasteiger partial charge in [-0.1, -0.05) is 13.8 Å². The summed E-state index contributed by atoms with van der Waals surface area (Å²) in [7, 11) is 0. The van der Waals surface area contributed by atoms with E-state index in [2.05, 4.69) is 23.7 Å². The van der Waals surface area contributed by atoms with Crippen molar-refractivity contribution in [1.29, 1.82) is 0 Å². The molecule has 2 rings (SSSR count). The first-order valence-corrected chi connectivity index (χ1v) is 7.70. The van der Waals surface area contributed by atoms with Crippen LogP contribution in [0.2, 0.25) is 0 Å². The Morgan fingerprint density at radius 3 is 2.89 bits per heavy atom. The third-order valence-electron chi connectivity index (χ3n) is 3.65. The van der Waals surface area contributed by atoms with Gasteiger partial charge in [-0.2, -0.15) is 11.8 Å². The molecular formula is C14H20N2O2S. The maximum absolute atomic E-state index is 11.2. The van der Waals surface area contributed by atoms with Crippen LogP contribution in [0, 0.1) is 0 Å². The average molecular weight is 280 g/mol. The second-order valence-corrected chi connectivity index (χ2v) is 6.36. The Kier molecular flexibility index (Phi) is 4.34. The molecule has 0 aliphatic carbocycles. The Bertz CT molecular complexity index is 479. The molecule has 0 bridgehead atoms. The summed E-state index contributed by atoms with van der Waals surface area (Å²) in [6.07, 6.45) is 0.751. The largest absolute Gasteiger partial charge is 0.478 e. The van der Waals surface area contributed by atoms with Gasteiger partial charge in [0, 0.05) is 29.3 Å². The van der Waals surface area contributed by atoms with Gasteiger partial charge < -0.3 is 10.0 Å². The van der Waals surface area contributed by atoms with Crippen molar-refractivity contribution in [2.45, 2.75) is 38.5 Å². The van der Waals surface area contributed by atoms with Crippen LogP contribution < -0.4 is 4.90 Å². The Labute approximate surface area is 118 Å². The van der Waals surface area contributed by atoms with E-state index in [-0.39, 0.29) is 0 Å². The van der Waals surface area contributed by atoms with Crippen LogP contribution in [0.1, 0.15) is 36.8 Å². The molecule has 1 N–H and O–H groups in total. The number of rotatable bonds is 3. The van der Waals surface area contributed by atoms with Crippen molar-refractivity contribution in [2.24, 2.45) is 0 Å². The van der Waals surface area contributed by atoms with Crippen LogP contribution in [-0.4, -0.2) is 39.6 Å². The highest BCUT2D eigenvalue weighted by Gasteiger charge is 2.26. The van der Waals surface area contributed by atoms with Crippen molar-refractivity contribution in [3.05, 3.63) is 23.4 Å². The van der Waals surface area contributed by atoms with Gasteiger partial charge in [-0.25, -0.2) is 9.78 Å². The molecule has 1 saturated heterocycles. The minimum Gasteiger partial charge on any atom is -0.478 e. The molecule has 0 saturated carbocycles. The first kappa shape index (κ1) is 14.2. The Balaban J connectivity index is 2.37. The summed E-state index contributed by atoms with van der Waals surface area (Å²) in [4.78, 5) is 18.0. The fourth-order valence-electron chi connectivity index (χ4n) is 2.28. The molecule has 1 fully saturated rings. The zero-order valence-corrected chi connectivity index (χ0v) is 12.4. The van der Waals surface area contributed by atoms with Crippen LogP contribution in [0.25, 0.3) is 0 Å². The lowest BCUT2D eigenvalue weighted by Gasteiger charge is -2.38. The predicted molar refractivity (Wildman–Crippen MR) is 79.3 cm³/mol. The first-order valence-electron chi connectivity index (χ1n) is 6.65. The molecule has 0 aromatic carbocycles. The van der Waals surface area contributed by atoms with Crippen LogP contribution >= 0.6 is 11.8 Å². The normalized spacial score (nSPS) is 23.4. The van der Waals surface area contributed by atoms with Gasteiger partial charge in [0.15, 0.2) is 0 Å². The number of hydrogen-bond acceptors (Lipinski definition) is 4. The van der Waals surface area contributed by atoms with Crippen LogP contribution in [0.3, 0.4) is 0 Å². The number of carboxylic acids is 1. The van der Waals surface area contributed by atoms with Crippen molar-refractivity contribution in [2.75, 3.05) is 17.2 Å². The molecule has 104 valence electrons. The number of aromatic nitrogens is 1. The van der Waals surface area contributed by atoms with Crippen LogP contribution in [0.4, 0.5) is 5.82 Å². The van der Waals surface area contributed by atoms with Gasteiger partial charge >= 0.3 is 5.97 Å². The van der Waals surface area contributed by atoms with E-state index in [1.165, 1.54) is 0 Å². The zero-order chi connectivity index (χ0) is 14.0. The van der Waals surface area contributed by atoms with E-state index in [4.69, 9.17) is 0 Å². The monoisotopic (exact) mass is 280 g/mol. The predicted octanol–water partition coefficient (Wildman–Crippen LogP) is 2.67. The van der Waals surface area contributed by atoms with E-state index >= 15 is 0 Å². The van der Waals surface area contributed by atoms with E-state index in [0.717, 1.165) is 30.2 Å². The number of anilines is 1. The summed E-state index contributed by atoms with van der Waals surface area (Å²) in [5.41, 5.74) is 1.17. The molecular weight excluding hydrogens is 260 g/mol. The van der Waals surface area contributed by atoms with Crippen molar-refractivity contribution in [3.63, 3.8) is 0 Å². The molecule has 0 amide bonds. The summed E-state index contributed by atoms with van der Waals surface area (Å²) in [6, 6.07) is 3.74. The van der Waals surface area contributed by atoms with Gasteiger partial charge in [0.2, 0.25) is 0 Å². The summed E-state index contributed by atoms with van der Waals surface area (Å²) in [5.74, 6) is 0.980. The summed E-state index contributed by atoms with van der Waals surface area (Å²) >= 11 is 1.96. The Morgan fingerprint density at radius 2 is 2.26 bits per heavy atom. The fraction of sp³-hybridized carbons (Fsp3) is 0.571. The second kappa shape index (κ2) is 5.82. The number of aromatic carboxylic acids is 1. The number of thioether (sulfide) groups is 1. The fourth-order valence-corrected chi connectivity index (χ4v) is 3.38. The highest BCUT2D eigenvalue weighted by molar-refractivity contribution is 8.00. The standard InChI is InChI=1S/C14H20N2O2S/c1-4-12-7-11(14(17)18)8-13(15-12)16-5-6-19-10(3)9(16)2/h7-10H,4-6H2,1-3H3,(H,17,18). The molecule has 19 heavy (non-hydrogen) atoms. The highest BCUT2D eigenvalue weighted by Crippen LogP contribution is 2.28. The van der Waals surface area contributed by atoms with Crippen LogP contribution in [0.5, 0.6) is 0 Å². The number of carbonyl (C=O) groups is 1.